The molecule has 1 aliphatic rings. The Labute approximate surface area is 142 Å². The van der Waals surface area contributed by atoms with Gasteiger partial charge in [0.1, 0.15) is 0 Å². The van der Waals surface area contributed by atoms with Crippen LogP contribution in [0.5, 0.6) is 0 Å². The lowest BCUT2D eigenvalue weighted by Crippen LogP contribution is -2.39. The zero-order chi connectivity index (χ0) is 16.7. The predicted octanol–water partition coefficient (Wildman–Crippen LogP) is 2.77. The molecular weight excluding hydrogens is 310 g/mol. The van der Waals surface area contributed by atoms with Gasteiger partial charge in [-0.25, -0.2) is 0 Å². The average molecular weight is 335 g/mol. The highest BCUT2D eigenvalue weighted by molar-refractivity contribution is 7.99. The fourth-order valence-corrected chi connectivity index (χ4v) is 3.47. The van der Waals surface area contributed by atoms with Crippen LogP contribution in [0.25, 0.3) is 0 Å². The van der Waals surface area contributed by atoms with Crippen molar-refractivity contribution in [3.05, 3.63) is 23.8 Å². The Bertz CT molecular complexity index is 557. The third kappa shape index (κ3) is 5.55. The molecule has 1 saturated heterocycles. The van der Waals surface area contributed by atoms with Crippen LogP contribution in [0.3, 0.4) is 0 Å². The van der Waals surface area contributed by atoms with Gasteiger partial charge in [-0.15, -0.1) is 0 Å². The molecule has 6 heteroatoms. The molecule has 0 bridgehead atoms. The maximum absolute atomic E-state index is 12.2. The molecule has 1 aromatic carbocycles. The first-order valence-corrected chi connectivity index (χ1v) is 9.26. The number of hydrogen-bond donors (Lipinski definition) is 3. The van der Waals surface area contributed by atoms with Gasteiger partial charge in [0.25, 0.3) is 0 Å². The van der Waals surface area contributed by atoms with Gasteiger partial charge in [-0.2, -0.15) is 11.8 Å². The topological polar surface area (TPSA) is 70.2 Å². The summed E-state index contributed by atoms with van der Waals surface area (Å²) in [6, 6.07) is 5.81. The molecule has 3 N–H and O–H groups in total. The normalized spacial score (nSPS) is 17.6. The molecule has 1 unspecified atom stereocenters. The van der Waals surface area contributed by atoms with Crippen LogP contribution in [0.1, 0.15) is 31.7 Å². The van der Waals surface area contributed by atoms with Crippen LogP contribution in [0.2, 0.25) is 0 Å². The Morgan fingerprint density at radius 2 is 1.96 bits per heavy atom. The summed E-state index contributed by atoms with van der Waals surface area (Å²) >= 11 is 1.88. The summed E-state index contributed by atoms with van der Waals surface area (Å²) in [6.45, 7) is 4.84. The Morgan fingerprint density at radius 3 is 2.57 bits per heavy atom. The van der Waals surface area contributed by atoms with Crippen LogP contribution in [0, 0.1) is 6.92 Å². The van der Waals surface area contributed by atoms with E-state index in [4.69, 9.17) is 0 Å². The molecule has 0 radical (unpaired) electrons. The second-order valence-electron chi connectivity index (χ2n) is 5.75. The van der Waals surface area contributed by atoms with Gasteiger partial charge in [0, 0.05) is 48.3 Å². The number of amides is 2. The third-order valence-electron chi connectivity index (χ3n) is 3.79. The first-order chi connectivity index (χ1) is 11.1. The monoisotopic (exact) mass is 335 g/mol. The molecule has 1 aromatic rings. The number of hydrogen-bond acceptors (Lipinski definition) is 4. The van der Waals surface area contributed by atoms with Gasteiger partial charge < -0.3 is 16.0 Å². The lowest BCUT2D eigenvalue weighted by Gasteiger charge is -2.22. The van der Waals surface area contributed by atoms with Crippen LogP contribution in [-0.4, -0.2) is 35.9 Å². The smallest absolute Gasteiger partial charge is 0.225 e. The van der Waals surface area contributed by atoms with Gasteiger partial charge in [0.15, 0.2) is 0 Å². The van der Waals surface area contributed by atoms with Crippen molar-refractivity contribution >= 4 is 35.0 Å². The van der Waals surface area contributed by atoms with Crippen molar-refractivity contribution in [3.63, 3.8) is 0 Å². The molecule has 23 heavy (non-hydrogen) atoms. The van der Waals surface area contributed by atoms with Crippen molar-refractivity contribution in [1.29, 1.82) is 0 Å². The number of anilines is 2. The summed E-state index contributed by atoms with van der Waals surface area (Å²) in [7, 11) is 0. The fourth-order valence-electron chi connectivity index (χ4n) is 2.52. The molecule has 126 valence electrons. The molecule has 0 aliphatic carbocycles. The highest BCUT2D eigenvalue weighted by Crippen LogP contribution is 2.24. The van der Waals surface area contributed by atoms with Crippen molar-refractivity contribution in [2.24, 2.45) is 0 Å². The lowest BCUT2D eigenvalue weighted by molar-refractivity contribution is -0.117. The molecule has 1 heterocycles. The molecule has 2 rings (SSSR count). The summed E-state index contributed by atoms with van der Waals surface area (Å²) in [5, 5.41) is 9.23. The van der Waals surface area contributed by atoms with E-state index in [0.29, 0.717) is 12.8 Å². The number of thioether (sulfide) groups is 1. The molecule has 2 amide bonds. The van der Waals surface area contributed by atoms with Crippen molar-refractivity contribution in [3.8, 4) is 0 Å². The van der Waals surface area contributed by atoms with Gasteiger partial charge in [-0.1, -0.05) is 13.0 Å². The first-order valence-electron chi connectivity index (χ1n) is 8.10. The van der Waals surface area contributed by atoms with Crippen LogP contribution in [0.4, 0.5) is 11.4 Å². The summed E-state index contributed by atoms with van der Waals surface area (Å²) in [5.74, 6) is 2.09. The van der Waals surface area contributed by atoms with Crippen LogP contribution in [0.15, 0.2) is 18.2 Å². The Kier molecular flexibility index (Phi) is 6.92. The van der Waals surface area contributed by atoms with E-state index in [1.54, 1.807) is 0 Å². The molecule has 5 nitrogen and oxygen atoms in total. The number of rotatable bonds is 6. The average Bonchev–Trinajstić information content (AvgIpc) is 2.52. The van der Waals surface area contributed by atoms with E-state index in [2.05, 4.69) is 16.0 Å². The second kappa shape index (κ2) is 8.93. The van der Waals surface area contributed by atoms with Gasteiger partial charge in [-0.05, 0) is 31.0 Å². The molecule has 1 fully saturated rings. The number of nitrogens with one attached hydrogen (secondary N) is 3. The van der Waals surface area contributed by atoms with Crippen molar-refractivity contribution < 1.29 is 9.59 Å². The van der Waals surface area contributed by atoms with Gasteiger partial charge in [-0.3, -0.25) is 9.59 Å². The second-order valence-corrected chi connectivity index (χ2v) is 6.90. The maximum Gasteiger partial charge on any atom is 0.225 e. The summed E-state index contributed by atoms with van der Waals surface area (Å²) in [5.41, 5.74) is 2.40. The predicted molar refractivity (Wildman–Crippen MR) is 97.1 cm³/mol. The Morgan fingerprint density at radius 1 is 1.26 bits per heavy atom. The molecule has 0 spiro atoms. The van der Waals surface area contributed by atoms with E-state index in [1.165, 1.54) is 0 Å². The van der Waals surface area contributed by atoms with E-state index < -0.39 is 0 Å². The fraction of sp³-hybridized carbons (Fsp3) is 0.529. The van der Waals surface area contributed by atoms with E-state index >= 15 is 0 Å². The SMILES string of the molecule is CCCC(=O)Nc1cccc(NC(=O)CC2CSCCN2)c1C. The van der Waals surface area contributed by atoms with Crippen molar-refractivity contribution in [1.82, 2.24) is 5.32 Å². The number of benzene rings is 1. The summed E-state index contributed by atoms with van der Waals surface area (Å²) < 4.78 is 0. The zero-order valence-electron chi connectivity index (χ0n) is 13.8. The van der Waals surface area contributed by atoms with E-state index in [9.17, 15) is 9.59 Å². The van der Waals surface area contributed by atoms with Crippen LogP contribution >= 0.6 is 11.8 Å². The van der Waals surface area contributed by atoms with Gasteiger partial charge in [0.2, 0.25) is 11.8 Å². The Hall–Kier alpha value is -1.53. The largest absolute Gasteiger partial charge is 0.326 e. The minimum absolute atomic E-state index is 0.00232. The van der Waals surface area contributed by atoms with E-state index in [0.717, 1.165) is 41.4 Å². The highest BCUT2D eigenvalue weighted by atomic mass is 32.2. The minimum atomic E-state index is 0.00232. The lowest BCUT2D eigenvalue weighted by atomic mass is 10.1. The maximum atomic E-state index is 12.2. The van der Waals surface area contributed by atoms with Crippen molar-refractivity contribution in [2.45, 2.75) is 39.2 Å². The minimum Gasteiger partial charge on any atom is -0.326 e. The molecular formula is C17H25N3O2S. The quantitative estimate of drug-likeness (QED) is 0.748. The molecule has 1 aliphatic heterocycles. The van der Waals surface area contributed by atoms with Crippen LogP contribution < -0.4 is 16.0 Å². The molecule has 1 atom stereocenters. The van der Waals surface area contributed by atoms with Crippen molar-refractivity contribution in [2.75, 3.05) is 28.7 Å². The van der Waals surface area contributed by atoms with E-state index in [1.807, 2.05) is 43.8 Å². The number of carbonyl (C=O) groups is 2. The highest BCUT2D eigenvalue weighted by Gasteiger charge is 2.17. The number of carbonyl (C=O) groups excluding carboxylic acids is 2. The van der Waals surface area contributed by atoms with Gasteiger partial charge in [0.05, 0.1) is 0 Å². The van der Waals surface area contributed by atoms with Crippen LogP contribution in [-0.2, 0) is 9.59 Å². The summed E-state index contributed by atoms with van der Waals surface area (Å²) in [4.78, 5) is 24.0. The third-order valence-corrected chi connectivity index (χ3v) is 4.92. The van der Waals surface area contributed by atoms with Gasteiger partial charge >= 0.3 is 0 Å². The zero-order valence-corrected chi connectivity index (χ0v) is 14.6. The molecule has 0 saturated carbocycles. The first kappa shape index (κ1) is 17.8. The summed E-state index contributed by atoms with van der Waals surface area (Å²) in [6.07, 6.45) is 1.79. The Balaban J connectivity index is 1.96. The molecule has 0 aromatic heterocycles. The van der Waals surface area contributed by atoms with E-state index in [-0.39, 0.29) is 17.9 Å². The standard InChI is InChI=1S/C17H25N3O2S/c1-3-5-16(21)19-14-6-4-7-15(12(14)2)20-17(22)10-13-11-23-9-8-18-13/h4,6-7,13,18H,3,5,8-11H2,1-2H3,(H,19,21)(H,20,22).